The van der Waals surface area contributed by atoms with Crippen LogP contribution < -0.4 is 0 Å². The second kappa shape index (κ2) is 5.32. The first kappa shape index (κ1) is 8.18. The SMILES string of the molecule is C=CCCC(O)CBr. The molecule has 0 fully saturated rings. The average Bonchev–Trinajstić information content (AvgIpc) is 1.83. The number of alkyl halides is 1. The minimum atomic E-state index is -0.201. The lowest BCUT2D eigenvalue weighted by Gasteiger charge is -2.01. The van der Waals surface area contributed by atoms with Gasteiger partial charge in [0.2, 0.25) is 0 Å². The van der Waals surface area contributed by atoms with Gasteiger partial charge in [-0.2, -0.15) is 0 Å². The highest BCUT2D eigenvalue weighted by atomic mass is 79.9. The summed E-state index contributed by atoms with van der Waals surface area (Å²) in [5.74, 6) is 0. The minimum Gasteiger partial charge on any atom is -0.392 e. The molecule has 1 nitrogen and oxygen atoms in total. The first-order valence-corrected chi connectivity index (χ1v) is 3.78. The van der Waals surface area contributed by atoms with E-state index in [0.29, 0.717) is 5.33 Å². The molecular weight excluding hydrogens is 168 g/mol. The molecule has 0 aliphatic carbocycles. The topological polar surface area (TPSA) is 20.2 Å². The van der Waals surface area contributed by atoms with Gasteiger partial charge in [-0.25, -0.2) is 0 Å². The summed E-state index contributed by atoms with van der Waals surface area (Å²) in [6.07, 6.45) is 3.32. The van der Waals surface area contributed by atoms with Gasteiger partial charge in [0.1, 0.15) is 0 Å². The highest BCUT2D eigenvalue weighted by Gasteiger charge is 1.96. The van der Waals surface area contributed by atoms with Gasteiger partial charge < -0.3 is 5.11 Å². The van der Waals surface area contributed by atoms with Crippen LogP contribution >= 0.6 is 15.9 Å². The van der Waals surface area contributed by atoms with E-state index in [1.807, 2.05) is 6.08 Å². The standard InChI is InChI=1S/C6H11BrO/c1-2-3-4-6(8)5-7/h2,6,8H,1,3-5H2. The molecule has 0 rings (SSSR count). The first-order valence-electron chi connectivity index (χ1n) is 2.66. The smallest absolute Gasteiger partial charge is 0.0639 e. The van der Waals surface area contributed by atoms with Crippen LogP contribution in [0, 0.1) is 0 Å². The van der Waals surface area contributed by atoms with Gasteiger partial charge in [0, 0.05) is 5.33 Å². The molecule has 8 heavy (non-hydrogen) atoms. The predicted octanol–water partition coefficient (Wildman–Crippen LogP) is 1.71. The zero-order chi connectivity index (χ0) is 6.41. The maximum atomic E-state index is 8.89. The van der Waals surface area contributed by atoms with Gasteiger partial charge in [-0.15, -0.1) is 6.58 Å². The van der Waals surface area contributed by atoms with E-state index in [9.17, 15) is 0 Å². The van der Waals surface area contributed by atoms with Crippen molar-refractivity contribution in [3.05, 3.63) is 12.7 Å². The van der Waals surface area contributed by atoms with Crippen molar-refractivity contribution in [3.63, 3.8) is 0 Å². The molecule has 1 N–H and O–H groups in total. The van der Waals surface area contributed by atoms with Gasteiger partial charge in [-0.05, 0) is 12.8 Å². The second-order valence-corrected chi connectivity index (χ2v) is 2.32. The van der Waals surface area contributed by atoms with Gasteiger partial charge in [-0.3, -0.25) is 0 Å². The number of aliphatic hydroxyl groups is 1. The third-order valence-corrected chi connectivity index (χ3v) is 1.63. The quantitative estimate of drug-likeness (QED) is 0.514. The van der Waals surface area contributed by atoms with Crippen molar-refractivity contribution in [2.75, 3.05) is 5.33 Å². The summed E-state index contributed by atoms with van der Waals surface area (Å²) in [7, 11) is 0. The molecule has 0 saturated carbocycles. The Labute approximate surface area is 58.5 Å². The summed E-state index contributed by atoms with van der Waals surface area (Å²) in [4.78, 5) is 0. The van der Waals surface area contributed by atoms with E-state index in [4.69, 9.17) is 5.11 Å². The first-order chi connectivity index (χ1) is 3.81. The van der Waals surface area contributed by atoms with Crippen LogP contribution in [0.1, 0.15) is 12.8 Å². The van der Waals surface area contributed by atoms with E-state index < -0.39 is 0 Å². The molecule has 0 bridgehead atoms. The van der Waals surface area contributed by atoms with Crippen LogP contribution in [0.15, 0.2) is 12.7 Å². The molecule has 1 atom stereocenters. The molecule has 0 radical (unpaired) electrons. The van der Waals surface area contributed by atoms with Gasteiger partial charge >= 0.3 is 0 Å². The van der Waals surface area contributed by atoms with Gasteiger partial charge in [0.05, 0.1) is 6.10 Å². The summed E-state index contributed by atoms with van der Waals surface area (Å²) in [5.41, 5.74) is 0. The Kier molecular flexibility index (Phi) is 5.44. The van der Waals surface area contributed by atoms with Crippen LogP contribution in [0.5, 0.6) is 0 Å². The van der Waals surface area contributed by atoms with Gasteiger partial charge in [-0.1, -0.05) is 22.0 Å². The van der Waals surface area contributed by atoms with Crippen molar-refractivity contribution in [2.24, 2.45) is 0 Å². The molecule has 0 aromatic rings. The summed E-state index contributed by atoms with van der Waals surface area (Å²) in [6, 6.07) is 0. The van der Waals surface area contributed by atoms with Crippen molar-refractivity contribution >= 4 is 15.9 Å². The Hall–Kier alpha value is 0.180. The van der Waals surface area contributed by atoms with E-state index in [0.717, 1.165) is 12.8 Å². The fourth-order valence-corrected chi connectivity index (χ4v) is 0.711. The molecule has 0 aromatic heterocycles. The third-order valence-electron chi connectivity index (χ3n) is 0.882. The summed E-state index contributed by atoms with van der Waals surface area (Å²) < 4.78 is 0. The van der Waals surface area contributed by atoms with Crippen LogP contribution in [0.2, 0.25) is 0 Å². The molecule has 48 valence electrons. The van der Waals surface area contributed by atoms with Crippen molar-refractivity contribution in [3.8, 4) is 0 Å². The van der Waals surface area contributed by atoms with Crippen LogP contribution in [0.25, 0.3) is 0 Å². The van der Waals surface area contributed by atoms with Gasteiger partial charge in [0.25, 0.3) is 0 Å². The Balaban J connectivity index is 2.97. The van der Waals surface area contributed by atoms with Crippen molar-refractivity contribution in [1.29, 1.82) is 0 Å². The number of hydrogen-bond acceptors (Lipinski definition) is 1. The third kappa shape index (κ3) is 4.34. The molecule has 1 unspecified atom stereocenters. The number of rotatable bonds is 4. The van der Waals surface area contributed by atoms with E-state index in [1.54, 1.807) is 0 Å². The number of aliphatic hydroxyl groups excluding tert-OH is 1. The Bertz CT molecular complexity index is 63.5. The lowest BCUT2D eigenvalue weighted by atomic mass is 10.2. The maximum absolute atomic E-state index is 8.89. The molecule has 0 aliphatic heterocycles. The number of hydrogen-bond donors (Lipinski definition) is 1. The van der Waals surface area contributed by atoms with Crippen molar-refractivity contribution < 1.29 is 5.11 Å². The number of halogens is 1. The average molecular weight is 179 g/mol. The summed E-state index contributed by atoms with van der Waals surface area (Å²) in [5, 5.41) is 9.56. The fraction of sp³-hybridized carbons (Fsp3) is 0.667. The van der Waals surface area contributed by atoms with Crippen LogP contribution in [-0.2, 0) is 0 Å². The highest BCUT2D eigenvalue weighted by molar-refractivity contribution is 9.09. The summed E-state index contributed by atoms with van der Waals surface area (Å²) >= 11 is 3.16. The molecule has 0 amide bonds. The lowest BCUT2D eigenvalue weighted by Crippen LogP contribution is -2.05. The minimum absolute atomic E-state index is 0.201. The highest BCUT2D eigenvalue weighted by Crippen LogP contribution is 1.99. The molecular formula is C6H11BrO. The van der Waals surface area contributed by atoms with Crippen LogP contribution in [-0.4, -0.2) is 16.5 Å². The zero-order valence-electron chi connectivity index (χ0n) is 4.81. The fourth-order valence-electron chi connectivity index (χ4n) is 0.387. The van der Waals surface area contributed by atoms with E-state index in [2.05, 4.69) is 22.5 Å². The summed E-state index contributed by atoms with van der Waals surface area (Å²) in [6.45, 7) is 3.54. The van der Waals surface area contributed by atoms with E-state index in [1.165, 1.54) is 0 Å². The second-order valence-electron chi connectivity index (χ2n) is 1.67. The largest absolute Gasteiger partial charge is 0.392 e. The Morgan fingerprint density at radius 2 is 2.38 bits per heavy atom. The van der Waals surface area contributed by atoms with Gasteiger partial charge in [0.15, 0.2) is 0 Å². The molecule has 0 saturated heterocycles. The molecule has 0 aromatic carbocycles. The van der Waals surface area contributed by atoms with Crippen LogP contribution in [0.3, 0.4) is 0 Å². The Morgan fingerprint density at radius 1 is 1.75 bits per heavy atom. The predicted molar refractivity (Wildman–Crippen MR) is 39.2 cm³/mol. The van der Waals surface area contributed by atoms with Crippen LogP contribution in [0.4, 0.5) is 0 Å². The van der Waals surface area contributed by atoms with Crippen molar-refractivity contribution in [2.45, 2.75) is 18.9 Å². The van der Waals surface area contributed by atoms with E-state index in [-0.39, 0.29) is 6.10 Å². The lowest BCUT2D eigenvalue weighted by molar-refractivity contribution is 0.192. The maximum Gasteiger partial charge on any atom is 0.0639 e. The molecule has 0 spiro atoms. The zero-order valence-corrected chi connectivity index (χ0v) is 6.39. The molecule has 0 heterocycles. The monoisotopic (exact) mass is 178 g/mol. The Morgan fingerprint density at radius 3 is 2.75 bits per heavy atom. The van der Waals surface area contributed by atoms with E-state index >= 15 is 0 Å². The number of allylic oxidation sites excluding steroid dienone is 1. The normalized spacial score (nSPS) is 13.2. The van der Waals surface area contributed by atoms with Crippen molar-refractivity contribution in [1.82, 2.24) is 0 Å². The molecule has 0 aliphatic rings. The molecule has 2 heteroatoms.